The summed E-state index contributed by atoms with van der Waals surface area (Å²) in [6.45, 7) is 6.60. The second-order valence-electron chi connectivity index (χ2n) is 3.74. The molecule has 0 bridgehead atoms. The van der Waals surface area contributed by atoms with Gasteiger partial charge in [0, 0.05) is 19.5 Å². The van der Waals surface area contributed by atoms with E-state index in [1.165, 1.54) is 12.8 Å². The molecule has 1 aliphatic heterocycles. The van der Waals surface area contributed by atoms with Crippen molar-refractivity contribution in [2.24, 2.45) is 5.92 Å². The summed E-state index contributed by atoms with van der Waals surface area (Å²) in [5.74, 6) is 1.54. The van der Waals surface area contributed by atoms with Gasteiger partial charge in [-0.05, 0) is 18.8 Å². The molecular formula is C9H18N2. The fourth-order valence-corrected chi connectivity index (χ4v) is 1.53. The molecule has 1 heterocycles. The summed E-state index contributed by atoms with van der Waals surface area (Å²) in [5, 5.41) is 7.67. The first-order valence-corrected chi connectivity index (χ1v) is 4.52. The predicted octanol–water partition coefficient (Wildman–Crippen LogP) is 2.11. The molecule has 0 aromatic heterocycles. The molecule has 11 heavy (non-hydrogen) atoms. The van der Waals surface area contributed by atoms with Gasteiger partial charge in [-0.1, -0.05) is 13.8 Å². The van der Waals surface area contributed by atoms with Gasteiger partial charge in [0.15, 0.2) is 0 Å². The fraction of sp³-hybridized carbons (Fsp3) is 0.889. The molecule has 0 amide bonds. The van der Waals surface area contributed by atoms with Gasteiger partial charge in [0.25, 0.3) is 0 Å². The Kier molecular flexibility index (Phi) is 2.92. The maximum Gasteiger partial charge on any atom is 0.0957 e. The van der Waals surface area contributed by atoms with E-state index in [9.17, 15) is 0 Å². The molecule has 0 saturated carbocycles. The number of amidine groups is 1. The van der Waals surface area contributed by atoms with E-state index in [1.807, 2.05) is 0 Å². The summed E-state index contributed by atoms with van der Waals surface area (Å²) in [6, 6.07) is 0. The number of hydrogen-bond donors (Lipinski definition) is 1. The van der Waals surface area contributed by atoms with Gasteiger partial charge in [0.05, 0.1) is 5.84 Å². The van der Waals surface area contributed by atoms with Gasteiger partial charge in [-0.2, -0.15) is 0 Å². The lowest BCUT2D eigenvalue weighted by atomic mass is 10.1. The average molecular weight is 154 g/mol. The first-order chi connectivity index (χ1) is 5.20. The summed E-state index contributed by atoms with van der Waals surface area (Å²) in [6.07, 6.45) is 3.48. The van der Waals surface area contributed by atoms with Gasteiger partial charge in [0.1, 0.15) is 0 Å². The van der Waals surface area contributed by atoms with Crippen molar-refractivity contribution in [1.29, 1.82) is 5.41 Å². The summed E-state index contributed by atoms with van der Waals surface area (Å²) in [4.78, 5) is 2.22. The molecule has 0 atom stereocenters. The van der Waals surface area contributed by atoms with Gasteiger partial charge in [-0.15, -0.1) is 0 Å². The van der Waals surface area contributed by atoms with Crippen LogP contribution in [-0.4, -0.2) is 23.8 Å². The number of nitrogens with zero attached hydrogens (tertiary/aromatic N) is 1. The van der Waals surface area contributed by atoms with Crippen molar-refractivity contribution in [2.45, 2.75) is 33.1 Å². The van der Waals surface area contributed by atoms with E-state index in [-0.39, 0.29) is 0 Å². The summed E-state index contributed by atoms with van der Waals surface area (Å²) < 4.78 is 0. The quantitative estimate of drug-likeness (QED) is 0.648. The highest BCUT2D eigenvalue weighted by atomic mass is 15.2. The summed E-state index contributed by atoms with van der Waals surface area (Å²) >= 11 is 0. The van der Waals surface area contributed by atoms with Gasteiger partial charge < -0.3 is 4.90 Å². The Hall–Kier alpha value is -0.530. The number of piperidine rings is 1. The molecular weight excluding hydrogens is 136 g/mol. The first-order valence-electron chi connectivity index (χ1n) is 4.52. The van der Waals surface area contributed by atoms with Crippen molar-refractivity contribution in [1.82, 2.24) is 4.90 Å². The second-order valence-corrected chi connectivity index (χ2v) is 3.74. The van der Waals surface area contributed by atoms with Crippen LogP contribution in [0.5, 0.6) is 0 Å². The third-order valence-electron chi connectivity index (χ3n) is 2.06. The lowest BCUT2D eigenvalue weighted by Crippen LogP contribution is -2.37. The molecule has 1 aliphatic rings. The highest BCUT2D eigenvalue weighted by Crippen LogP contribution is 2.12. The van der Waals surface area contributed by atoms with Gasteiger partial charge in [-0.3, -0.25) is 5.41 Å². The molecule has 0 radical (unpaired) electrons. The number of rotatable bonds is 2. The normalized spacial score (nSPS) is 19.5. The van der Waals surface area contributed by atoms with Crippen LogP contribution >= 0.6 is 0 Å². The molecule has 1 rings (SSSR count). The van der Waals surface area contributed by atoms with E-state index >= 15 is 0 Å². The van der Waals surface area contributed by atoms with Crippen molar-refractivity contribution >= 4 is 5.84 Å². The van der Waals surface area contributed by atoms with Crippen LogP contribution in [0.3, 0.4) is 0 Å². The molecule has 0 aromatic carbocycles. The summed E-state index contributed by atoms with van der Waals surface area (Å²) in [7, 11) is 0. The molecule has 64 valence electrons. The van der Waals surface area contributed by atoms with Crippen LogP contribution in [0, 0.1) is 11.3 Å². The van der Waals surface area contributed by atoms with Crippen molar-refractivity contribution in [2.75, 3.05) is 13.1 Å². The largest absolute Gasteiger partial charge is 0.360 e. The molecule has 0 aliphatic carbocycles. The Balaban J connectivity index is 2.36. The number of likely N-dealkylation sites (tertiary alicyclic amines) is 1. The smallest absolute Gasteiger partial charge is 0.0957 e. The van der Waals surface area contributed by atoms with E-state index in [0.717, 1.165) is 25.3 Å². The van der Waals surface area contributed by atoms with Gasteiger partial charge in [0.2, 0.25) is 0 Å². The fourth-order valence-electron chi connectivity index (χ4n) is 1.53. The van der Waals surface area contributed by atoms with E-state index < -0.39 is 0 Å². The van der Waals surface area contributed by atoms with Crippen LogP contribution in [0.4, 0.5) is 0 Å². The number of nitrogens with one attached hydrogen (secondary N) is 1. The molecule has 1 N–H and O–H groups in total. The third kappa shape index (κ3) is 2.52. The monoisotopic (exact) mass is 154 g/mol. The average Bonchev–Trinajstić information content (AvgIpc) is 1.93. The van der Waals surface area contributed by atoms with Gasteiger partial charge >= 0.3 is 0 Å². The minimum Gasteiger partial charge on any atom is -0.360 e. The Morgan fingerprint density at radius 2 is 2.18 bits per heavy atom. The van der Waals surface area contributed by atoms with Crippen LogP contribution in [0.2, 0.25) is 0 Å². The van der Waals surface area contributed by atoms with Gasteiger partial charge in [-0.25, -0.2) is 0 Å². The van der Waals surface area contributed by atoms with Crippen molar-refractivity contribution in [3.63, 3.8) is 0 Å². The molecule has 0 unspecified atom stereocenters. The zero-order valence-corrected chi connectivity index (χ0v) is 7.56. The van der Waals surface area contributed by atoms with E-state index in [0.29, 0.717) is 5.92 Å². The van der Waals surface area contributed by atoms with Crippen molar-refractivity contribution in [3.8, 4) is 0 Å². The highest BCUT2D eigenvalue weighted by molar-refractivity contribution is 5.79. The molecule has 2 heteroatoms. The molecule has 2 nitrogen and oxygen atoms in total. The van der Waals surface area contributed by atoms with Crippen LogP contribution < -0.4 is 0 Å². The lowest BCUT2D eigenvalue weighted by Gasteiger charge is -2.30. The van der Waals surface area contributed by atoms with Crippen molar-refractivity contribution in [3.05, 3.63) is 0 Å². The third-order valence-corrected chi connectivity index (χ3v) is 2.06. The molecule has 0 aromatic rings. The minimum absolute atomic E-state index is 0.688. The molecule has 1 saturated heterocycles. The Bertz CT molecular complexity index is 140. The van der Waals surface area contributed by atoms with Crippen LogP contribution in [0.25, 0.3) is 0 Å². The van der Waals surface area contributed by atoms with Crippen LogP contribution in [-0.2, 0) is 0 Å². The first kappa shape index (κ1) is 8.57. The Labute approximate surface area is 69.1 Å². The highest BCUT2D eigenvalue weighted by Gasteiger charge is 2.14. The molecule has 1 fully saturated rings. The minimum atomic E-state index is 0.688. The zero-order chi connectivity index (χ0) is 8.27. The Morgan fingerprint density at radius 1 is 1.45 bits per heavy atom. The topological polar surface area (TPSA) is 27.1 Å². The maximum absolute atomic E-state index is 7.67. The lowest BCUT2D eigenvalue weighted by molar-refractivity contribution is 0.328. The summed E-state index contributed by atoms with van der Waals surface area (Å²) in [5.41, 5.74) is 0. The van der Waals surface area contributed by atoms with Crippen LogP contribution in [0.15, 0.2) is 0 Å². The zero-order valence-electron chi connectivity index (χ0n) is 7.56. The van der Waals surface area contributed by atoms with E-state index in [2.05, 4.69) is 18.7 Å². The standard InChI is InChI=1S/C9H18N2/c1-8(2)7-11-6-4-3-5-9(11)10/h8,10H,3-7H2,1-2H3. The van der Waals surface area contributed by atoms with E-state index in [1.54, 1.807) is 0 Å². The van der Waals surface area contributed by atoms with E-state index in [4.69, 9.17) is 5.41 Å². The predicted molar refractivity (Wildman–Crippen MR) is 48.0 cm³/mol. The Morgan fingerprint density at radius 3 is 2.73 bits per heavy atom. The second kappa shape index (κ2) is 3.74. The number of hydrogen-bond acceptors (Lipinski definition) is 1. The maximum atomic E-state index is 7.67. The SMILES string of the molecule is CC(C)CN1CCCCC1=N. The molecule has 0 spiro atoms. The van der Waals surface area contributed by atoms with Crippen LogP contribution in [0.1, 0.15) is 33.1 Å². The van der Waals surface area contributed by atoms with Crippen molar-refractivity contribution < 1.29 is 0 Å².